The Morgan fingerprint density at radius 1 is 0.264 bits per heavy atom. The standard InChI is InChI=1S/C81H128N12O32/c1-114-73(106)53-25-65(98)86(33-53)17-9-82(10-18-87-34-54(26-66(87)99)74(107)115-2)41-61(94)45-122-49-81(50-123-46-62(95)42-83(11-19-88-35-55(27-67(88)100)75(108)116-3)12-20-89-36-56(28-68(89)101)76(109)117-4,51-124-47-63(96)43-84(13-21-90-37-57(29-69(90)102)77(110)118-5)14-22-91-38-58(30-70(91)103)78(111)119-6)52-125-48-64(97)44-85(15-23-92-39-59(31-71(92)104)79(112)120-7)16-24-93-40-60(32-72(93)105)80(113)121-8/h53-64,94-97H,9-52H2,1-8H3. The van der Waals surface area contributed by atoms with Crippen LogP contribution in [0.2, 0.25) is 0 Å². The van der Waals surface area contributed by atoms with Crippen LogP contribution >= 0.6 is 0 Å². The zero-order chi connectivity index (χ0) is 91.2. The van der Waals surface area contributed by atoms with E-state index in [9.17, 15) is 97.1 Å². The first-order valence-corrected chi connectivity index (χ1v) is 42.5. The van der Waals surface area contributed by atoms with Crippen molar-refractivity contribution in [3.63, 3.8) is 0 Å². The molecule has 44 nitrogen and oxygen atoms in total. The maximum Gasteiger partial charge on any atom is 0.310 e. The first-order valence-electron chi connectivity index (χ1n) is 42.5. The van der Waals surface area contributed by atoms with E-state index in [0.717, 1.165) is 0 Å². The lowest BCUT2D eigenvalue weighted by molar-refractivity contribution is -0.145. The van der Waals surface area contributed by atoms with E-state index in [1.54, 1.807) is 19.6 Å². The lowest BCUT2D eigenvalue weighted by atomic mass is 9.92. The van der Waals surface area contributed by atoms with Gasteiger partial charge in [-0.3, -0.25) is 96.3 Å². The Balaban J connectivity index is 1.08. The zero-order valence-corrected chi connectivity index (χ0v) is 73.1. The van der Waals surface area contributed by atoms with Crippen molar-refractivity contribution >= 4 is 95.0 Å². The summed E-state index contributed by atoms with van der Waals surface area (Å²) in [7, 11) is 9.79. The maximum atomic E-state index is 13.3. The van der Waals surface area contributed by atoms with Crippen molar-refractivity contribution in [2.75, 3.05) is 293 Å². The molecule has 0 aromatic carbocycles. The number of rotatable bonds is 56. The number of carbonyl (C=O) groups excluding carboxylic acids is 16. The van der Waals surface area contributed by atoms with Gasteiger partial charge in [0.05, 0.1) is 187 Å². The van der Waals surface area contributed by atoms with E-state index in [2.05, 4.69) is 0 Å². The number of esters is 8. The third kappa shape index (κ3) is 30.6. The van der Waals surface area contributed by atoms with Gasteiger partial charge in [0.25, 0.3) is 0 Å². The highest BCUT2D eigenvalue weighted by atomic mass is 16.6. The van der Waals surface area contributed by atoms with Crippen molar-refractivity contribution < 1.29 is 154 Å². The fourth-order valence-electron chi connectivity index (χ4n) is 17.1. The van der Waals surface area contributed by atoms with E-state index in [-0.39, 0.29) is 282 Å². The number of nitrogens with zero attached hydrogens (tertiary/aromatic N) is 12. The molecule has 0 aliphatic carbocycles. The Morgan fingerprint density at radius 2 is 0.392 bits per heavy atom. The summed E-state index contributed by atoms with van der Waals surface area (Å²) in [6.45, 7) is -1.82. The average molecular weight is 1780 g/mol. The minimum atomic E-state index is -1.56. The van der Waals surface area contributed by atoms with Gasteiger partial charge >= 0.3 is 47.8 Å². The second-order valence-corrected chi connectivity index (χ2v) is 33.5. The van der Waals surface area contributed by atoms with Crippen LogP contribution in [0.5, 0.6) is 0 Å². The van der Waals surface area contributed by atoms with E-state index in [1.807, 2.05) is 0 Å². The molecule has 8 amide bonds. The number of amides is 8. The van der Waals surface area contributed by atoms with Crippen LogP contribution in [0, 0.1) is 52.8 Å². The van der Waals surface area contributed by atoms with Crippen molar-refractivity contribution in [2.24, 2.45) is 52.8 Å². The van der Waals surface area contributed by atoms with Gasteiger partial charge in [0.2, 0.25) is 47.3 Å². The number of hydrogen-bond acceptors (Lipinski definition) is 36. The molecule has 8 aliphatic heterocycles. The van der Waals surface area contributed by atoms with Crippen LogP contribution in [0.1, 0.15) is 51.4 Å². The highest BCUT2D eigenvalue weighted by molar-refractivity contribution is 5.91. The molecule has 4 N–H and O–H groups in total. The minimum Gasteiger partial charge on any atom is -0.469 e. The molecule has 0 bridgehead atoms. The summed E-state index contributed by atoms with van der Waals surface area (Å²) in [6, 6.07) is 0. The van der Waals surface area contributed by atoms with Gasteiger partial charge in [0, 0.05) is 235 Å². The van der Waals surface area contributed by atoms with E-state index in [1.165, 1.54) is 96.1 Å². The fraction of sp³-hybridized carbons (Fsp3) is 0.802. The van der Waals surface area contributed by atoms with Gasteiger partial charge in [-0.25, -0.2) is 0 Å². The quantitative estimate of drug-likeness (QED) is 0.0325. The molecular weight excluding hydrogens is 1650 g/mol. The van der Waals surface area contributed by atoms with Crippen molar-refractivity contribution in [3.8, 4) is 0 Å². The number of carbonyl (C=O) groups is 16. The van der Waals surface area contributed by atoms with Crippen molar-refractivity contribution in [3.05, 3.63) is 0 Å². The SMILES string of the molecule is COC(=O)C1CC(=O)N(CCN(CCN2CC(C(=O)OC)CC2=O)CC(O)COCC(COCC(O)CN(CCN2CC(C(=O)OC)CC2=O)CCN2CC(C(=O)OC)CC2=O)(COCC(O)CN(CCN2CC(C(=O)OC)CC2=O)CCN2CC(C(=O)OC)CC2=O)COCC(O)CN(CCN2CC(C(=O)OC)CC2=O)CCN2CC(C(=O)OC)CC2=O)C1. The van der Waals surface area contributed by atoms with Crippen molar-refractivity contribution in [1.82, 2.24) is 58.8 Å². The number of likely N-dealkylation sites (tertiary alicyclic amines) is 8. The fourth-order valence-corrected chi connectivity index (χ4v) is 17.1. The first kappa shape index (κ1) is 101. The van der Waals surface area contributed by atoms with E-state index >= 15 is 0 Å². The summed E-state index contributed by atoms with van der Waals surface area (Å²) in [5.41, 5.74) is -1.56. The molecule has 12 unspecified atom stereocenters. The lowest BCUT2D eigenvalue weighted by Crippen LogP contribution is -2.47. The molecule has 704 valence electrons. The Kier molecular flexibility index (Phi) is 40.5. The van der Waals surface area contributed by atoms with Crippen LogP contribution < -0.4 is 0 Å². The molecule has 0 radical (unpaired) electrons. The second kappa shape index (κ2) is 50.0. The number of aliphatic hydroxyl groups is 4. The average Bonchev–Trinajstić information content (AvgIpc) is 0.905. The van der Waals surface area contributed by atoms with Gasteiger partial charge in [0.15, 0.2) is 0 Å². The van der Waals surface area contributed by atoms with Crippen molar-refractivity contribution in [2.45, 2.75) is 75.8 Å². The third-order valence-electron chi connectivity index (χ3n) is 24.2. The van der Waals surface area contributed by atoms with Crippen LogP contribution in [0.4, 0.5) is 0 Å². The Morgan fingerprint density at radius 3 is 0.512 bits per heavy atom. The van der Waals surface area contributed by atoms with Crippen LogP contribution in [-0.4, -0.2) is 492 Å². The van der Waals surface area contributed by atoms with Crippen LogP contribution in [-0.2, 0) is 134 Å². The van der Waals surface area contributed by atoms with Gasteiger partial charge in [0.1, 0.15) is 0 Å². The van der Waals surface area contributed by atoms with E-state index < -0.39 is 178 Å². The molecule has 8 aliphatic rings. The molecule has 8 rings (SSSR count). The van der Waals surface area contributed by atoms with Gasteiger partial charge in [-0.2, -0.15) is 0 Å². The molecule has 0 saturated carbocycles. The summed E-state index contributed by atoms with van der Waals surface area (Å²) in [5, 5.41) is 48.6. The zero-order valence-electron chi connectivity index (χ0n) is 73.1. The van der Waals surface area contributed by atoms with Crippen molar-refractivity contribution in [1.29, 1.82) is 0 Å². The predicted octanol–water partition coefficient (Wildman–Crippen LogP) is -7.14. The van der Waals surface area contributed by atoms with E-state index in [0.29, 0.717) is 0 Å². The molecule has 8 fully saturated rings. The Bertz CT molecular complexity index is 3040. The maximum absolute atomic E-state index is 13.3. The Hall–Kier alpha value is -8.96. The summed E-state index contributed by atoms with van der Waals surface area (Å²) in [6.07, 6.45) is -6.10. The summed E-state index contributed by atoms with van der Waals surface area (Å²) in [4.78, 5) is 226. The topological polar surface area (TPSA) is 504 Å². The predicted molar refractivity (Wildman–Crippen MR) is 429 cm³/mol. The lowest BCUT2D eigenvalue weighted by Gasteiger charge is -2.35. The number of ether oxygens (including phenoxy) is 12. The highest BCUT2D eigenvalue weighted by Crippen LogP contribution is 2.29. The third-order valence-corrected chi connectivity index (χ3v) is 24.2. The molecule has 12 atom stereocenters. The summed E-state index contributed by atoms with van der Waals surface area (Å²) < 4.78 is 65.5. The summed E-state index contributed by atoms with van der Waals surface area (Å²) >= 11 is 0. The molecule has 0 aromatic rings. The summed E-state index contributed by atoms with van der Waals surface area (Å²) in [5.74, 6) is -12.7. The second-order valence-electron chi connectivity index (χ2n) is 33.5. The smallest absolute Gasteiger partial charge is 0.310 e. The van der Waals surface area contributed by atoms with Gasteiger partial charge in [-0.15, -0.1) is 0 Å². The minimum absolute atomic E-state index is 0.0661. The van der Waals surface area contributed by atoms with Crippen LogP contribution in [0.15, 0.2) is 0 Å². The molecule has 125 heavy (non-hydrogen) atoms. The molecule has 8 saturated heterocycles. The molecule has 8 heterocycles. The number of aliphatic hydroxyl groups excluding tert-OH is 4. The first-order chi connectivity index (χ1) is 59.7. The van der Waals surface area contributed by atoms with E-state index in [4.69, 9.17) is 56.8 Å². The highest BCUT2D eigenvalue weighted by Gasteiger charge is 2.44. The largest absolute Gasteiger partial charge is 0.469 e. The van der Waals surface area contributed by atoms with Gasteiger partial charge in [-0.05, 0) is 0 Å². The number of methoxy groups -OCH3 is 8. The van der Waals surface area contributed by atoms with Crippen LogP contribution in [0.25, 0.3) is 0 Å². The molecule has 0 spiro atoms. The molecular formula is C81H128N12O32. The van der Waals surface area contributed by atoms with Gasteiger partial charge in [-0.1, -0.05) is 0 Å². The number of hydrogen-bond donors (Lipinski definition) is 4. The van der Waals surface area contributed by atoms with Gasteiger partial charge < -0.3 is 116 Å². The normalized spacial score (nSPS) is 23.2. The Labute approximate surface area is 726 Å². The molecule has 0 aromatic heterocycles. The van der Waals surface area contributed by atoms with Crippen LogP contribution in [0.3, 0.4) is 0 Å². The monoisotopic (exact) mass is 1780 g/mol. The molecule has 44 heteroatoms.